The molecule has 5 amide bonds. The zero-order chi connectivity index (χ0) is 34.1. The van der Waals surface area contributed by atoms with E-state index in [1.807, 2.05) is 5.92 Å². The number of primary amides is 1. The third kappa shape index (κ3) is 12.7. The maximum Gasteiger partial charge on any atom is 0.303 e. The molecule has 8 N–H and O–H groups in total. The Labute approximate surface area is 266 Å². The minimum absolute atomic E-state index is 0.0196. The number of carboxylic acids is 1. The van der Waals surface area contributed by atoms with Crippen molar-refractivity contribution in [1.82, 2.24) is 26.7 Å². The lowest BCUT2D eigenvalue weighted by Gasteiger charge is -2.24. The number of hydrogen-bond acceptors (Lipinski definition) is 12. The Balaban J connectivity index is 2.39. The molecule has 0 saturated heterocycles. The van der Waals surface area contributed by atoms with Gasteiger partial charge in [-0.1, -0.05) is 4.99 Å². The van der Waals surface area contributed by atoms with E-state index in [4.69, 9.17) is 12.2 Å². The zero-order valence-corrected chi connectivity index (χ0v) is 25.0. The summed E-state index contributed by atoms with van der Waals surface area (Å²) in [4.78, 5) is 95.5. The number of carbonyl (C=O) groups excluding carboxylic acids is 5. The number of aliphatic carboxylic acids is 1. The minimum atomic E-state index is -1.46. The first kappa shape index (κ1) is 36.8. The van der Waals surface area contributed by atoms with Crippen molar-refractivity contribution < 1.29 is 48.7 Å². The van der Waals surface area contributed by atoms with Crippen LogP contribution in [0.25, 0.3) is 0 Å². The molecule has 19 heteroatoms. The molecule has 0 spiro atoms. The number of carboxylic acid groups (broad SMARTS) is 1. The monoisotopic (exact) mass is 661 g/mol. The van der Waals surface area contributed by atoms with Crippen molar-refractivity contribution in [3.05, 3.63) is 33.9 Å². The summed E-state index contributed by atoms with van der Waals surface area (Å²) in [5.41, 5.74) is 6.90. The molecule has 1 heterocycles. The first-order valence-electron chi connectivity index (χ1n) is 13.5. The predicted molar refractivity (Wildman–Crippen MR) is 159 cm³/mol. The molecule has 3 atom stereocenters. The van der Waals surface area contributed by atoms with Crippen LogP contribution in [0, 0.1) is 34.5 Å². The largest absolute Gasteiger partial charge is 0.481 e. The lowest BCUT2D eigenvalue weighted by molar-refractivity contribution is -0.384. The number of nitro groups is 1. The fraction of sp³-hybridized carbons (Fsp3) is 0.407. The average Bonchev–Trinajstić information content (AvgIpc) is 3.01. The number of nitrogens with one attached hydrogen (secondary N) is 5. The molecular formula is C27H31N7O11S. The maximum absolute atomic E-state index is 13.4. The van der Waals surface area contributed by atoms with E-state index in [2.05, 4.69) is 48.7 Å². The highest BCUT2D eigenvalue weighted by Crippen LogP contribution is 2.28. The number of nitrogens with two attached hydrogens (primary N) is 1. The molecule has 1 aliphatic rings. The van der Waals surface area contributed by atoms with Crippen LogP contribution in [0.5, 0.6) is 0 Å². The fourth-order valence-corrected chi connectivity index (χ4v) is 4.91. The summed E-state index contributed by atoms with van der Waals surface area (Å²) in [5, 5.41) is 30.3. The Hall–Kier alpha value is -5.37. The van der Waals surface area contributed by atoms with Crippen molar-refractivity contribution in [3.63, 3.8) is 0 Å². The number of unbranched alkanes of at least 4 members (excludes halogenated alkanes) is 1. The quantitative estimate of drug-likeness (QED) is 0.0392. The zero-order valence-electron chi connectivity index (χ0n) is 24.2. The summed E-state index contributed by atoms with van der Waals surface area (Å²) >= 11 is 0.892. The van der Waals surface area contributed by atoms with Crippen LogP contribution in [0.15, 0.2) is 23.1 Å². The van der Waals surface area contributed by atoms with Gasteiger partial charge in [0.25, 0.3) is 11.6 Å². The van der Waals surface area contributed by atoms with E-state index in [9.17, 15) is 44.0 Å². The average molecular weight is 662 g/mol. The Bertz CT molecular complexity index is 1440. The number of hydrogen-bond donors (Lipinski definition) is 7. The molecule has 18 nitrogen and oxygen atoms in total. The van der Waals surface area contributed by atoms with Crippen molar-refractivity contribution >= 4 is 53.0 Å². The van der Waals surface area contributed by atoms with E-state index >= 15 is 0 Å². The molecule has 0 fully saturated rings. The molecule has 1 aromatic carbocycles. The summed E-state index contributed by atoms with van der Waals surface area (Å²) in [6.07, 6.45) is 6.81. The lowest BCUT2D eigenvalue weighted by atomic mass is 10.1. The SMILES string of the molecule is C#CC#COONCCCC[C@@H]1NC(=O)[C@H](CCC(=O)O)NC(=O)c2cc([N+](=O)[O-])ccc2SC[C@@H](C(=O)NCC(N)=O)NC1=O. The van der Waals surface area contributed by atoms with Gasteiger partial charge in [0.1, 0.15) is 18.1 Å². The van der Waals surface area contributed by atoms with Gasteiger partial charge in [-0.15, -0.1) is 18.2 Å². The van der Waals surface area contributed by atoms with E-state index in [1.165, 1.54) is 6.07 Å². The van der Waals surface area contributed by atoms with Gasteiger partial charge >= 0.3 is 5.97 Å². The summed E-state index contributed by atoms with van der Waals surface area (Å²) in [7, 11) is 0. The minimum Gasteiger partial charge on any atom is -0.481 e. The number of hydroxylamine groups is 1. The Morgan fingerprint density at radius 1 is 1.13 bits per heavy atom. The number of carbonyl (C=O) groups is 6. The topological polar surface area (TPSA) is 270 Å². The second kappa shape index (κ2) is 19.1. The van der Waals surface area contributed by atoms with Gasteiger partial charge in [0.15, 0.2) is 6.11 Å². The van der Waals surface area contributed by atoms with Gasteiger partial charge in [-0.05, 0) is 37.7 Å². The Morgan fingerprint density at radius 2 is 1.85 bits per heavy atom. The third-order valence-electron chi connectivity index (χ3n) is 6.08. The van der Waals surface area contributed by atoms with Gasteiger partial charge < -0.3 is 32.1 Å². The molecule has 0 radical (unpaired) electrons. The number of thioether (sulfide) groups is 1. The summed E-state index contributed by atoms with van der Waals surface area (Å²) in [6.45, 7) is -0.323. The van der Waals surface area contributed by atoms with Crippen molar-refractivity contribution in [2.75, 3.05) is 18.8 Å². The molecule has 0 unspecified atom stereocenters. The Kier molecular flexibility index (Phi) is 15.3. The van der Waals surface area contributed by atoms with Gasteiger partial charge in [0.05, 0.1) is 17.0 Å². The number of rotatable bonds is 14. The van der Waals surface area contributed by atoms with Gasteiger partial charge in [-0.3, -0.25) is 43.8 Å². The first-order chi connectivity index (χ1) is 21.9. The second-order valence-electron chi connectivity index (χ2n) is 9.44. The van der Waals surface area contributed by atoms with Crippen LogP contribution in [-0.2, 0) is 33.8 Å². The molecule has 0 aliphatic carbocycles. The highest BCUT2D eigenvalue weighted by Gasteiger charge is 2.32. The van der Waals surface area contributed by atoms with Crippen LogP contribution in [0.3, 0.4) is 0 Å². The molecule has 46 heavy (non-hydrogen) atoms. The lowest BCUT2D eigenvalue weighted by Crippen LogP contribution is -2.57. The standard InChI is InChI=1S/C27H31N7O11S/c1-2-3-12-44-45-30-11-5-4-6-18-26(40)33-20(25(39)29-14-22(28)35)15-46-21-9-7-16(34(42)43)13-17(21)24(38)31-19(27(41)32-18)8-10-23(36)37/h1,7,9,13,18-20,30H,4-6,8,10-11,14-15H2,(H2,28,35)(H,29,39)(H,31,38)(H,32,41)(H,33,40)(H,36,37)/t18-,19-,20-/m0/s1. The number of non-ortho nitro benzene ring substituents is 1. The van der Waals surface area contributed by atoms with Crippen LogP contribution in [0.1, 0.15) is 42.5 Å². The fourth-order valence-electron chi connectivity index (χ4n) is 3.86. The number of benzene rings is 1. The van der Waals surface area contributed by atoms with E-state index in [0.29, 0.717) is 12.8 Å². The number of amides is 5. The molecule has 0 bridgehead atoms. The van der Waals surface area contributed by atoms with Gasteiger partial charge in [0, 0.05) is 41.7 Å². The number of nitrogens with zero attached hydrogens (tertiary/aromatic N) is 1. The van der Waals surface area contributed by atoms with E-state index in [1.54, 1.807) is 0 Å². The summed E-state index contributed by atoms with van der Waals surface area (Å²) < 4.78 is 0. The first-order valence-corrected chi connectivity index (χ1v) is 14.5. The van der Waals surface area contributed by atoms with Crippen molar-refractivity contribution in [1.29, 1.82) is 0 Å². The van der Waals surface area contributed by atoms with Crippen LogP contribution in [0.2, 0.25) is 0 Å². The van der Waals surface area contributed by atoms with Crippen LogP contribution in [0.4, 0.5) is 5.69 Å². The van der Waals surface area contributed by atoms with Crippen molar-refractivity contribution in [2.45, 2.75) is 55.1 Å². The normalized spacial score (nSPS) is 18.2. The number of terminal acetylenes is 1. The molecule has 0 saturated carbocycles. The van der Waals surface area contributed by atoms with Gasteiger partial charge in [-0.25, -0.2) is 0 Å². The van der Waals surface area contributed by atoms with E-state index in [0.717, 1.165) is 23.9 Å². The number of fused-ring (bicyclic) bond motifs is 1. The highest BCUT2D eigenvalue weighted by molar-refractivity contribution is 7.99. The second-order valence-corrected chi connectivity index (χ2v) is 10.5. The van der Waals surface area contributed by atoms with E-state index in [-0.39, 0.29) is 35.6 Å². The van der Waals surface area contributed by atoms with Crippen molar-refractivity contribution in [2.24, 2.45) is 5.73 Å². The van der Waals surface area contributed by atoms with Crippen LogP contribution < -0.4 is 32.5 Å². The highest BCUT2D eigenvalue weighted by atomic mass is 32.2. The van der Waals surface area contributed by atoms with Gasteiger partial charge in [0.2, 0.25) is 23.6 Å². The van der Waals surface area contributed by atoms with Crippen LogP contribution in [-0.4, -0.2) is 82.5 Å². The molecule has 0 aromatic heterocycles. The van der Waals surface area contributed by atoms with Gasteiger partial charge in [-0.2, -0.15) is 5.48 Å². The smallest absolute Gasteiger partial charge is 0.303 e. The summed E-state index contributed by atoms with van der Waals surface area (Å²) in [5.74, 6) is -1.59. The Morgan fingerprint density at radius 3 is 2.52 bits per heavy atom. The molecule has 246 valence electrons. The maximum atomic E-state index is 13.4. The van der Waals surface area contributed by atoms with E-state index < -0.39 is 77.2 Å². The molecule has 1 aromatic rings. The van der Waals surface area contributed by atoms with Crippen LogP contribution >= 0.6 is 11.8 Å². The summed E-state index contributed by atoms with van der Waals surface area (Å²) in [6, 6.07) is -0.685. The third-order valence-corrected chi connectivity index (χ3v) is 7.25. The molecule has 2 rings (SSSR count). The van der Waals surface area contributed by atoms with Crippen molar-refractivity contribution in [3.8, 4) is 24.4 Å². The predicted octanol–water partition coefficient (Wildman–Crippen LogP) is -1.55. The number of nitro benzene ring substituents is 1. The molecule has 1 aliphatic heterocycles. The molecular weight excluding hydrogens is 630 g/mol.